The Kier molecular flexibility index (Phi) is 2.60. The number of phenolic OH excluding ortho intramolecular Hbond substituents is 1. The molecule has 66 valence electrons. The van der Waals surface area contributed by atoms with Crippen LogP contribution in [0.5, 0.6) is 5.75 Å². The summed E-state index contributed by atoms with van der Waals surface area (Å²) in [5.41, 5.74) is 7.19. The van der Waals surface area contributed by atoms with Crippen molar-refractivity contribution in [3.8, 4) is 5.75 Å². The molecular formula is C9H12ClNO. The Hall–Kier alpha value is -0.730. The van der Waals surface area contributed by atoms with Gasteiger partial charge in [-0.05, 0) is 25.5 Å². The van der Waals surface area contributed by atoms with Crippen LogP contribution in [0.1, 0.15) is 24.1 Å². The molecule has 1 unspecified atom stereocenters. The molecule has 0 aliphatic heterocycles. The molecule has 0 aromatic heterocycles. The summed E-state index contributed by atoms with van der Waals surface area (Å²) in [5.74, 6) is 0.167. The molecule has 0 spiro atoms. The number of nitrogens with two attached hydrogens (primary N) is 1. The van der Waals surface area contributed by atoms with E-state index in [4.69, 9.17) is 17.3 Å². The van der Waals surface area contributed by atoms with Gasteiger partial charge in [0.15, 0.2) is 0 Å². The maximum atomic E-state index is 9.42. The Morgan fingerprint density at radius 1 is 1.50 bits per heavy atom. The highest BCUT2D eigenvalue weighted by Crippen LogP contribution is 2.32. The molecule has 3 heteroatoms. The van der Waals surface area contributed by atoms with Gasteiger partial charge in [-0.3, -0.25) is 0 Å². The highest BCUT2D eigenvalue weighted by Gasteiger charge is 2.12. The predicted molar refractivity (Wildman–Crippen MR) is 50.5 cm³/mol. The van der Waals surface area contributed by atoms with Crippen molar-refractivity contribution in [2.75, 3.05) is 0 Å². The molecule has 0 saturated carbocycles. The first-order valence-electron chi connectivity index (χ1n) is 3.77. The number of hydrogen-bond donors (Lipinski definition) is 2. The zero-order valence-corrected chi connectivity index (χ0v) is 7.89. The van der Waals surface area contributed by atoms with Gasteiger partial charge in [0.1, 0.15) is 5.75 Å². The number of benzene rings is 1. The smallest absolute Gasteiger partial charge is 0.121 e. The molecule has 0 aliphatic carbocycles. The minimum Gasteiger partial charge on any atom is -0.508 e. The van der Waals surface area contributed by atoms with E-state index in [2.05, 4.69) is 0 Å². The fraction of sp³-hybridized carbons (Fsp3) is 0.333. The van der Waals surface area contributed by atoms with E-state index in [0.29, 0.717) is 10.6 Å². The fourth-order valence-corrected chi connectivity index (χ4v) is 1.46. The maximum absolute atomic E-state index is 9.42. The molecule has 0 radical (unpaired) electrons. The number of hydrogen-bond acceptors (Lipinski definition) is 2. The monoisotopic (exact) mass is 185 g/mol. The topological polar surface area (TPSA) is 46.2 Å². The molecule has 12 heavy (non-hydrogen) atoms. The Morgan fingerprint density at radius 2 is 2.08 bits per heavy atom. The number of halogens is 1. The van der Waals surface area contributed by atoms with Gasteiger partial charge < -0.3 is 10.8 Å². The zero-order valence-electron chi connectivity index (χ0n) is 7.13. The van der Waals surface area contributed by atoms with E-state index in [1.165, 1.54) is 0 Å². The molecule has 0 fully saturated rings. The first-order valence-corrected chi connectivity index (χ1v) is 4.15. The normalized spacial score (nSPS) is 13.0. The molecule has 0 heterocycles. The van der Waals surface area contributed by atoms with E-state index in [1.54, 1.807) is 19.1 Å². The molecule has 1 aromatic carbocycles. The molecule has 1 aromatic rings. The third-order valence-corrected chi connectivity index (χ3v) is 2.31. The lowest BCUT2D eigenvalue weighted by atomic mass is 10.1. The van der Waals surface area contributed by atoms with Gasteiger partial charge in [-0.15, -0.1) is 0 Å². The quantitative estimate of drug-likeness (QED) is 0.706. The Morgan fingerprint density at radius 3 is 2.50 bits per heavy atom. The summed E-state index contributed by atoms with van der Waals surface area (Å²) in [6.45, 7) is 3.67. The minimum atomic E-state index is -0.239. The number of rotatable bonds is 1. The minimum absolute atomic E-state index is 0.167. The summed E-state index contributed by atoms with van der Waals surface area (Å²) in [4.78, 5) is 0. The van der Waals surface area contributed by atoms with Gasteiger partial charge in [-0.1, -0.05) is 17.7 Å². The van der Waals surface area contributed by atoms with Crippen LogP contribution in [0.3, 0.4) is 0 Å². The lowest BCUT2D eigenvalue weighted by Gasteiger charge is -2.11. The van der Waals surface area contributed by atoms with E-state index in [-0.39, 0.29) is 11.8 Å². The number of phenols is 1. The standard InChI is InChI=1S/C9H12ClNO/c1-5-3-4-7(12)8(6(2)11)9(5)10/h3-4,6,12H,11H2,1-2H3. The molecule has 0 aliphatic rings. The van der Waals surface area contributed by atoms with Crippen LogP contribution in [0.25, 0.3) is 0 Å². The SMILES string of the molecule is Cc1ccc(O)c(C(C)N)c1Cl. The zero-order chi connectivity index (χ0) is 9.30. The highest BCUT2D eigenvalue weighted by atomic mass is 35.5. The predicted octanol–water partition coefficient (Wildman–Crippen LogP) is 2.37. The highest BCUT2D eigenvalue weighted by molar-refractivity contribution is 6.32. The van der Waals surface area contributed by atoms with Crippen molar-refractivity contribution in [1.82, 2.24) is 0 Å². The number of aryl methyl sites for hydroxylation is 1. The van der Waals surface area contributed by atoms with Crippen LogP contribution in [0, 0.1) is 6.92 Å². The Balaban J connectivity index is 3.33. The molecule has 1 atom stereocenters. The van der Waals surface area contributed by atoms with Gasteiger partial charge in [0.2, 0.25) is 0 Å². The lowest BCUT2D eigenvalue weighted by molar-refractivity contribution is 0.463. The van der Waals surface area contributed by atoms with Gasteiger partial charge in [0, 0.05) is 11.6 Å². The van der Waals surface area contributed by atoms with Crippen LogP contribution in [0.4, 0.5) is 0 Å². The second kappa shape index (κ2) is 3.33. The van der Waals surface area contributed by atoms with Crippen molar-refractivity contribution in [3.05, 3.63) is 28.3 Å². The van der Waals surface area contributed by atoms with Crippen molar-refractivity contribution in [2.45, 2.75) is 19.9 Å². The molecule has 2 nitrogen and oxygen atoms in total. The number of aromatic hydroxyl groups is 1. The van der Waals surface area contributed by atoms with Crippen LogP contribution in [-0.4, -0.2) is 5.11 Å². The largest absolute Gasteiger partial charge is 0.508 e. The van der Waals surface area contributed by atoms with Crippen molar-refractivity contribution in [2.24, 2.45) is 5.73 Å². The third kappa shape index (κ3) is 1.54. The molecular weight excluding hydrogens is 174 g/mol. The van der Waals surface area contributed by atoms with E-state index in [9.17, 15) is 5.11 Å². The van der Waals surface area contributed by atoms with Crippen LogP contribution < -0.4 is 5.73 Å². The fourth-order valence-electron chi connectivity index (χ4n) is 1.12. The van der Waals surface area contributed by atoms with Gasteiger partial charge in [-0.25, -0.2) is 0 Å². The van der Waals surface area contributed by atoms with Crippen LogP contribution in [0.15, 0.2) is 12.1 Å². The first-order chi connectivity index (χ1) is 5.54. The van der Waals surface area contributed by atoms with E-state index >= 15 is 0 Å². The summed E-state index contributed by atoms with van der Waals surface area (Å²) < 4.78 is 0. The molecule has 0 saturated heterocycles. The second-order valence-corrected chi connectivity index (χ2v) is 3.30. The van der Waals surface area contributed by atoms with Gasteiger partial charge in [0.25, 0.3) is 0 Å². The van der Waals surface area contributed by atoms with Crippen molar-refractivity contribution < 1.29 is 5.11 Å². The van der Waals surface area contributed by atoms with Crippen LogP contribution in [-0.2, 0) is 0 Å². The average molecular weight is 186 g/mol. The first kappa shape index (κ1) is 9.36. The van der Waals surface area contributed by atoms with Gasteiger partial charge in [0.05, 0.1) is 5.02 Å². The summed E-state index contributed by atoms with van der Waals surface area (Å²) in [6, 6.07) is 3.14. The van der Waals surface area contributed by atoms with E-state index in [0.717, 1.165) is 5.56 Å². The van der Waals surface area contributed by atoms with Crippen LogP contribution >= 0.6 is 11.6 Å². The van der Waals surface area contributed by atoms with Gasteiger partial charge >= 0.3 is 0 Å². The third-order valence-electron chi connectivity index (χ3n) is 1.81. The van der Waals surface area contributed by atoms with Gasteiger partial charge in [-0.2, -0.15) is 0 Å². The Bertz CT molecular complexity index is 297. The molecule has 1 rings (SSSR count). The van der Waals surface area contributed by atoms with E-state index in [1.807, 2.05) is 6.92 Å². The summed E-state index contributed by atoms with van der Waals surface area (Å²) >= 11 is 5.95. The molecule has 0 amide bonds. The summed E-state index contributed by atoms with van der Waals surface area (Å²) in [5, 5.41) is 9.98. The van der Waals surface area contributed by atoms with Crippen molar-refractivity contribution >= 4 is 11.6 Å². The van der Waals surface area contributed by atoms with Crippen LogP contribution in [0.2, 0.25) is 5.02 Å². The summed E-state index contributed by atoms with van der Waals surface area (Å²) in [7, 11) is 0. The Labute approximate surface area is 77.0 Å². The maximum Gasteiger partial charge on any atom is 0.121 e. The van der Waals surface area contributed by atoms with Crippen molar-refractivity contribution in [1.29, 1.82) is 0 Å². The second-order valence-electron chi connectivity index (χ2n) is 2.92. The molecule has 3 N–H and O–H groups in total. The average Bonchev–Trinajstić information content (AvgIpc) is 1.97. The van der Waals surface area contributed by atoms with E-state index < -0.39 is 0 Å². The van der Waals surface area contributed by atoms with Crippen molar-refractivity contribution in [3.63, 3.8) is 0 Å². The summed E-state index contributed by atoms with van der Waals surface area (Å²) in [6.07, 6.45) is 0. The molecule has 0 bridgehead atoms. The lowest BCUT2D eigenvalue weighted by Crippen LogP contribution is -2.06.